The minimum Gasteiger partial charge on any atom is -0.394 e. The maximum Gasteiger partial charge on any atom is 0.270 e. The van der Waals surface area contributed by atoms with E-state index in [1.807, 2.05) is 26.8 Å². The Morgan fingerprint density at radius 1 is 1.14 bits per heavy atom. The van der Waals surface area contributed by atoms with E-state index in [1.54, 1.807) is 11.0 Å². The lowest BCUT2D eigenvalue weighted by Gasteiger charge is -2.35. The van der Waals surface area contributed by atoms with Crippen molar-refractivity contribution >= 4 is 23.1 Å². The molecular weight excluding hydrogens is 471 g/mol. The zero-order valence-electron chi connectivity index (χ0n) is 22.5. The number of carbonyl (C=O) groups is 2. The fraction of sp³-hybridized carbons (Fsp3) is 0.621. The molecule has 0 spiro atoms. The molecule has 4 rings (SSSR count). The van der Waals surface area contributed by atoms with E-state index in [2.05, 4.69) is 9.89 Å². The number of halogens is 1. The fourth-order valence-electron chi connectivity index (χ4n) is 5.85. The van der Waals surface area contributed by atoms with Crippen molar-refractivity contribution in [3.63, 3.8) is 0 Å². The first kappa shape index (κ1) is 27.3. The summed E-state index contributed by atoms with van der Waals surface area (Å²) in [6, 6.07) is 4.95. The van der Waals surface area contributed by atoms with Gasteiger partial charge in [0.25, 0.3) is 5.91 Å². The number of nitrogens with zero attached hydrogens (tertiary/aromatic N) is 3. The number of allylic oxidation sites excluding steroid dienone is 1. The number of piperidine rings is 1. The summed E-state index contributed by atoms with van der Waals surface area (Å²) in [5.41, 5.74) is 10.3. The summed E-state index contributed by atoms with van der Waals surface area (Å²) in [5, 5.41) is 0. The molecule has 2 atom stereocenters. The summed E-state index contributed by atoms with van der Waals surface area (Å²) < 4.78 is 19.4. The molecule has 0 bridgehead atoms. The lowest BCUT2D eigenvalue weighted by atomic mass is 9.91. The molecule has 3 aliphatic rings. The van der Waals surface area contributed by atoms with E-state index in [4.69, 9.17) is 10.5 Å². The van der Waals surface area contributed by atoms with Crippen molar-refractivity contribution in [2.45, 2.75) is 77.9 Å². The van der Waals surface area contributed by atoms with Crippen LogP contribution in [0.2, 0.25) is 0 Å². The topological polar surface area (TPSA) is 88.2 Å². The van der Waals surface area contributed by atoms with Crippen molar-refractivity contribution in [1.29, 1.82) is 0 Å². The molecule has 8 heteroatoms. The van der Waals surface area contributed by atoms with E-state index in [-0.39, 0.29) is 42.0 Å². The van der Waals surface area contributed by atoms with Crippen LogP contribution in [0.1, 0.15) is 64.4 Å². The first-order valence-corrected chi connectivity index (χ1v) is 13.7. The third kappa shape index (κ3) is 6.98. The largest absolute Gasteiger partial charge is 0.394 e. The first-order chi connectivity index (χ1) is 17.7. The van der Waals surface area contributed by atoms with Crippen molar-refractivity contribution in [3.05, 3.63) is 40.8 Å². The van der Waals surface area contributed by atoms with Crippen molar-refractivity contribution in [3.8, 4) is 0 Å². The molecule has 1 aliphatic carbocycles. The second-order valence-corrected chi connectivity index (χ2v) is 10.9. The number of carbonyl (C=O) groups excluding carboxylic acids is 2. The summed E-state index contributed by atoms with van der Waals surface area (Å²) in [4.78, 5) is 34.3. The first-order valence-electron chi connectivity index (χ1n) is 13.7. The van der Waals surface area contributed by atoms with Crippen molar-refractivity contribution in [2.75, 3.05) is 37.6 Å². The number of aryl methyl sites for hydroxylation is 1. The van der Waals surface area contributed by atoms with Gasteiger partial charge in [-0.2, -0.15) is 0 Å². The summed E-state index contributed by atoms with van der Waals surface area (Å²) in [7, 11) is 0. The highest BCUT2D eigenvalue weighted by Gasteiger charge is 2.30. The summed E-state index contributed by atoms with van der Waals surface area (Å²) >= 11 is 0. The Morgan fingerprint density at radius 2 is 1.84 bits per heavy atom. The number of Topliss-reactive ketones (excluding diaryl/α,β-unsaturated/α-hetero) is 1. The number of rotatable bonds is 7. The predicted octanol–water partition coefficient (Wildman–Crippen LogP) is 4.17. The molecule has 2 heterocycles. The molecule has 3 fully saturated rings. The van der Waals surface area contributed by atoms with Gasteiger partial charge in [-0.25, -0.2) is 4.39 Å². The SMILES string of the molecule is Cc1ccc(F)cc1N1CCC(CCC(=O)CN=C2CCC/C2=C(/N)C(=O)N2C[C@@H](C)O[C@@H](C)C2)CC1. The zero-order valence-corrected chi connectivity index (χ0v) is 22.5. The minimum atomic E-state index is -0.202. The number of nitrogens with two attached hydrogens (primary N) is 1. The van der Waals surface area contributed by atoms with Gasteiger partial charge in [-0.15, -0.1) is 0 Å². The molecule has 1 amide bonds. The van der Waals surface area contributed by atoms with E-state index >= 15 is 0 Å². The number of benzene rings is 1. The Labute approximate surface area is 219 Å². The number of morpholine rings is 1. The maximum absolute atomic E-state index is 13.7. The van der Waals surface area contributed by atoms with Crippen molar-refractivity contribution in [1.82, 2.24) is 4.90 Å². The standard InChI is InChI=1S/C29H41FN4O3/c1-19-7-9-23(30)15-27(19)33-13-11-22(12-14-33)8-10-24(35)16-32-26-6-4-5-25(26)28(31)29(36)34-17-20(2)37-21(3)18-34/h7,9,15,20-22H,4-6,8,10-14,16-18,31H2,1-3H3/b28-25-,32-26?/t20-,21+. The van der Waals surface area contributed by atoms with Crippen molar-refractivity contribution in [2.24, 2.45) is 16.6 Å². The predicted molar refractivity (Wildman–Crippen MR) is 144 cm³/mol. The Kier molecular flexibility index (Phi) is 9.00. The summed E-state index contributed by atoms with van der Waals surface area (Å²) in [6.45, 7) is 8.91. The van der Waals surface area contributed by atoms with E-state index in [0.717, 1.165) is 74.2 Å². The lowest BCUT2D eigenvalue weighted by molar-refractivity contribution is -0.139. The fourth-order valence-corrected chi connectivity index (χ4v) is 5.85. The molecule has 0 aromatic heterocycles. The highest BCUT2D eigenvalue weighted by Crippen LogP contribution is 2.29. The molecule has 7 nitrogen and oxygen atoms in total. The average Bonchev–Trinajstić information content (AvgIpc) is 3.35. The van der Waals surface area contributed by atoms with Crippen LogP contribution >= 0.6 is 0 Å². The molecule has 1 aromatic carbocycles. The van der Waals surface area contributed by atoms with Gasteiger partial charge in [0.2, 0.25) is 0 Å². The second-order valence-electron chi connectivity index (χ2n) is 10.9. The summed E-state index contributed by atoms with van der Waals surface area (Å²) in [6.07, 6.45) is 5.72. The number of amides is 1. The van der Waals surface area contributed by atoms with Crippen molar-refractivity contribution < 1.29 is 18.7 Å². The molecule has 202 valence electrons. The van der Waals surface area contributed by atoms with Gasteiger partial charge in [-0.3, -0.25) is 14.6 Å². The zero-order chi connectivity index (χ0) is 26.5. The normalized spacial score (nSPS) is 25.6. The van der Waals surface area contributed by atoms with Crippen LogP contribution in [0.3, 0.4) is 0 Å². The van der Waals surface area contributed by atoms with Crippen LogP contribution in [-0.4, -0.2) is 67.2 Å². The number of anilines is 1. The number of aliphatic imine (C=N–C) groups is 1. The van der Waals surface area contributed by atoms with E-state index in [0.29, 0.717) is 25.4 Å². The molecule has 0 unspecified atom stereocenters. The molecule has 1 aromatic rings. The quantitative estimate of drug-likeness (QED) is 0.554. The van der Waals surface area contributed by atoms with Crippen LogP contribution < -0.4 is 10.6 Å². The van der Waals surface area contributed by atoms with Crippen LogP contribution in [0.5, 0.6) is 0 Å². The highest BCUT2D eigenvalue weighted by atomic mass is 19.1. The number of hydrogen-bond donors (Lipinski definition) is 1. The van der Waals surface area contributed by atoms with Gasteiger partial charge in [0.15, 0.2) is 5.78 Å². The third-order valence-corrected chi connectivity index (χ3v) is 7.86. The van der Waals surface area contributed by atoms with Crippen LogP contribution in [0, 0.1) is 18.7 Å². The van der Waals surface area contributed by atoms with Gasteiger partial charge < -0.3 is 20.3 Å². The smallest absolute Gasteiger partial charge is 0.270 e. The van der Waals surface area contributed by atoms with Crippen LogP contribution in [0.4, 0.5) is 10.1 Å². The molecule has 0 radical (unpaired) electrons. The lowest BCUT2D eigenvalue weighted by Crippen LogP contribution is -2.49. The number of ketones is 1. The number of hydrogen-bond acceptors (Lipinski definition) is 6. The maximum atomic E-state index is 13.7. The Hall–Kier alpha value is -2.74. The second kappa shape index (κ2) is 12.2. The summed E-state index contributed by atoms with van der Waals surface area (Å²) in [5.74, 6) is 0.266. The molecule has 2 N–H and O–H groups in total. The number of ether oxygens (including phenoxy) is 1. The van der Waals surface area contributed by atoms with Crippen LogP contribution in [0.15, 0.2) is 34.5 Å². The van der Waals surface area contributed by atoms with E-state index in [9.17, 15) is 14.0 Å². The van der Waals surface area contributed by atoms with E-state index < -0.39 is 0 Å². The van der Waals surface area contributed by atoms with Gasteiger partial charge in [-0.05, 0) is 82.9 Å². The molecular formula is C29H41FN4O3. The Balaban J connectivity index is 1.26. The Bertz CT molecular complexity index is 1050. The minimum absolute atomic E-state index is 0.0162. The van der Waals surface area contributed by atoms with Gasteiger partial charge in [0.1, 0.15) is 11.5 Å². The highest BCUT2D eigenvalue weighted by molar-refractivity contribution is 6.09. The van der Waals surface area contributed by atoms with Gasteiger partial charge in [-0.1, -0.05) is 6.07 Å². The molecule has 37 heavy (non-hydrogen) atoms. The van der Waals surface area contributed by atoms with Gasteiger partial charge in [0, 0.05) is 49.6 Å². The van der Waals surface area contributed by atoms with Crippen LogP contribution in [0.25, 0.3) is 0 Å². The molecule has 2 aliphatic heterocycles. The van der Waals surface area contributed by atoms with Crippen LogP contribution in [-0.2, 0) is 14.3 Å². The Morgan fingerprint density at radius 3 is 2.54 bits per heavy atom. The van der Waals surface area contributed by atoms with Gasteiger partial charge in [0.05, 0.1) is 18.8 Å². The third-order valence-electron chi connectivity index (χ3n) is 7.86. The van der Waals surface area contributed by atoms with Gasteiger partial charge >= 0.3 is 0 Å². The monoisotopic (exact) mass is 512 g/mol. The average molecular weight is 513 g/mol. The molecule has 1 saturated carbocycles. The van der Waals surface area contributed by atoms with E-state index in [1.165, 1.54) is 6.07 Å². The molecule has 2 saturated heterocycles.